The Hall–Kier alpha value is -1.73. The lowest BCUT2D eigenvalue weighted by Gasteiger charge is -2.13. The molecule has 7 heteroatoms. The van der Waals surface area contributed by atoms with Crippen LogP contribution in [0, 0.1) is 0 Å². The fraction of sp³-hybridized carbons (Fsp3) is 0.471. The number of halogens is 1. The third-order valence-corrected chi connectivity index (χ3v) is 4.58. The number of nitrogens with zero attached hydrogens (tertiary/aromatic N) is 3. The predicted molar refractivity (Wildman–Crippen MR) is 94.5 cm³/mol. The number of carbonyl (C=O) groups is 1. The number of nitrogens with one attached hydrogen (secondary N) is 1. The second-order valence-electron chi connectivity index (χ2n) is 6.21. The highest BCUT2D eigenvalue weighted by atomic mass is 79.9. The van der Waals surface area contributed by atoms with E-state index in [1.54, 1.807) is 4.68 Å². The minimum Gasteiger partial charge on any atom is -0.376 e. The molecule has 0 unspecified atom stereocenters. The Kier molecular flexibility index (Phi) is 5.30. The van der Waals surface area contributed by atoms with E-state index in [1.807, 2.05) is 38.1 Å². The number of ether oxygens (including phenoxy) is 1. The smallest absolute Gasteiger partial charge is 0.273 e. The number of aromatic nitrogens is 3. The number of hydrogen-bond donors (Lipinski definition) is 1. The van der Waals surface area contributed by atoms with Gasteiger partial charge in [0.15, 0.2) is 5.69 Å². The summed E-state index contributed by atoms with van der Waals surface area (Å²) in [6, 6.07) is 7.77. The fourth-order valence-corrected chi connectivity index (χ4v) is 3.10. The summed E-state index contributed by atoms with van der Waals surface area (Å²) < 4.78 is 8.27. The van der Waals surface area contributed by atoms with Crippen molar-refractivity contribution >= 4 is 21.8 Å². The van der Waals surface area contributed by atoms with Crippen molar-refractivity contribution in [1.82, 2.24) is 20.3 Å². The van der Waals surface area contributed by atoms with E-state index in [0.717, 1.165) is 35.3 Å². The summed E-state index contributed by atoms with van der Waals surface area (Å²) in [7, 11) is 0. The lowest BCUT2D eigenvalue weighted by Crippen LogP contribution is -2.32. The molecule has 0 saturated carbocycles. The van der Waals surface area contributed by atoms with Crippen LogP contribution < -0.4 is 5.32 Å². The van der Waals surface area contributed by atoms with E-state index in [2.05, 4.69) is 31.6 Å². The van der Waals surface area contributed by atoms with E-state index < -0.39 is 0 Å². The van der Waals surface area contributed by atoms with Crippen molar-refractivity contribution in [2.45, 2.75) is 38.7 Å². The van der Waals surface area contributed by atoms with Crippen LogP contribution in [0.4, 0.5) is 0 Å². The molecule has 24 heavy (non-hydrogen) atoms. The maximum Gasteiger partial charge on any atom is 0.273 e. The first-order valence-corrected chi connectivity index (χ1v) is 8.97. The molecule has 0 spiro atoms. The Morgan fingerprint density at radius 2 is 2.17 bits per heavy atom. The van der Waals surface area contributed by atoms with Gasteiger partial charge < -0.3 is 10.1 Å². The minimum absolute atomic E-state index is 0.109. The highest BCUT2D eigenvalue weighted by Crippen LogP contribution is 2.22. The van der Waals surface area contributed by atoms with Crippen molar-refractivity contribution < 1.29 is 9.53 Å². The SMILES string of the molecule is CC(C)c1c(C(=O)NC[C@@H]2CCCO2)nnn1-c1ccc(Br)cc1. The van der Waals surface area contributed by atoms with Crippen molar-refractivity contribution in [1.29, 1.82) is 0 Å². The van der Waals surface area contributed by atoms with Gasteiger partial charge in [-0.25, -0.2) is 4.68 Å². The normalized spacial score (nSPS) is 17.4. The topological polar surface area (TPSA) is 69.0 Å². The first-order valence-electron chi connectivity index (χ1n) is 8.17. The molecule has 1 amide bonds. The number of amides is 1. The number of carbonyl (C=O) groups excluding carboxylic acids is 1. The molecule has 1 fully saturated rings. The maximum atomic E-state index is 12.5. The molecule has 0 bridgehead atoms. The molecule has 0 aliphatic carbocycles. The van der Waals surface area contributed by atoms with Crippen molar-refractivity contribution in [3.63, 3.8) is 0 Å². The molecule has 1 atom stereocenters. The summed E-state index contributed by atoms with van der Waals surface area (Å²) in [5, 5.41) is 11.2. The molecule has 1 aromatic heterocycles. The summed E-state index contributed by atoms with van der Waals surface area (Å²) in [5.41, 5.74) is 2.07. The first-order chi connectivity index (χ1) is 11.6. The van der Waals surface area contributed by atoms with Crippen molar-refractivity contribution in [3.8, 4) is 5.69 Å². The van der Waals surface area contributed by atoms with Crippen LogP contribution in [0.25, 0.3) is 5.69 Å². The standard InChI is InChI=1S/C17H21BrN4O2/c1-11(2)16-15(17(23)19-10-14-4-3-9-24-14)20-21-22(16)13-7-5-12(18)6-8-13/h5-8,11,14H,3-4,9-10H2,1-2H3,(H,19,23)/t14-/m0/s1. The van der Waals surface area contributed by atoms with Gasteiger partial charge in [0.25, 0.3) is 5.91 Å². The Morgan fingerprint density at radius 1 is 1.42 bits per heavy atom. The molecule has 1 saturated heterocycles. The van der Waals surface area contributed by atoms with E-state index in [-0.39, 0.29) is 17.9 Å². The summed E-state index contributed by atoms with van der Waals surface area (Å²) in [6.07, 6.45) is 2.15. The van der Waals surface area contributed by atoms with E-state index in [0.29, 0.717) is 12.2 Å². The van der Waals surface area contributed by atoms with Gasteiger partial charge in [0.05, 0.1) is 17.5 Å². The van der Waals surface area contributed by atoms with Crippen LogP contribution in [0.1, 0.15) is 48.8 Å². The highest BCUT2D eigenvalue weighted by Gasteiger charge is 2.24. The lowest BCUT2D eigenvalue weighted by molar-refractivity contribution is 0.0852. The average molecular weight is 393 g/mol. The van der Waals surface area contributed by atoms with Crippen LogP contribution >= 0.6 is 15.9 Å². The third-order valence-electron chi connectivity index (χ3n) is 4.05. The molecular formula is C17H21BrN4O2. The van der Waals surface area contributed by atoms with E-state index in [4.69, 9.17) is 4.74 Å². The van der Waals surface area contributed by atoms with E-state index in [9.17, 15) is 4.79 Å². The zero-order chi connectivity index (χ0) is 17.1. The zero-order valence-corrected chi connectivity index (χ0v) is 15.4. The Morgan fingerprint density at radius 3 is 2.79 bits per heavy atom. The van der Waals surface area contributed by atoms with Gasteiger partial charge >= 0.3 is 0 Å². The monoisotopic (exact) mass is 392 g/mol. The Balaban J connectivity index is 1.82. The zero-order valence-electron chi connectivity index (χ0n) is 13.8. The van der Waals surface area contributed by atoms with Gasteiger partial charge in [-0.05, 0) is 43.0 Å². The van der Waals surface area contributed by atoms with Crippen LogP contribution in [0.3, 0.4) is 0 Å². The summed E-state index contributed by atoms with van der Waals surface area (Å²) >= 11 is 3.43. The number of hydrogen-bond acceptors (Lipinski definition) is 4. The van der Waals surface area contributed by atoms with Gasteiger partial charge in [-0.15, -0.1) is 5.10 Å². The van der Waals surface area contributed by atoms with Crippen molar-refractivity contribution in [2.75, 3.05) is 13.2 Å². The highest BCUT2D eigenvalue weighted by molar-refractivity contribution is 9.10. The van der Waals surface area contributed by atoms with Gasteiger partial charge in [0.1, 0.15) is 0 Å². The molecule has 1 aliphatic rings. The van der Waals surface area contributed by atoms with Gasteiger partial charge in [-0.3, -0.25) is 4.79 Å². The molecular weight excluding hydrogens is 372 g/mol. The molecule has 2 aromatic rings. The molecule has 2 heterocycles. The van der Waals surface area contributed by atoms with Crippen LogP contribution in [0.2, 0.25) is 0 Å². The molecule has 0 radical (unpaired) electrons. The van der Waals surface area contributed by atoms with Gasteiger partial charge in [0.2, 0.25) is 0 Å². The molecule has 3 rings (SSSR count). The molecule has 1 aromatic carbocycles. The summed E-state index contributed by atoms with van der Waals surface area (Å²) in [6.45, 7) is 5.36. The largest absolute Gasteiger partial charge is 0.376 e. The third kappa shape index (κ3) is 3.67. The Labute approximate surface area is 149 Å². The summed E-state index contributed by atoms with van der Waals surface area (Å²) in [4.78, 5) is 12.5. The first kappa shape index (κ1) is 17.1. The summed E-state index contributed by atoms with van der Waals surface area (Å²) in [5.74, 6) is -0.0790. The molecule has 128 valence electrons. The molecule has 6 nitrogen and oxygen atoms in total. The number of rotatable bonds is 5. The molecule has 1 N–H and O–H groups in total. The van der Waals surface area contributed by atoms with Gasteiger partial charge in [-0.1, -0.05) is 35.0 Å². The van der Waals surface area contributed by atoms with Crippen LogP contribution in [0.15, 0.2) is 28.7 Å². The molecule has 1 aliphatic heterocycles. The van der Waals surface area contributed by atoms with Crippen molar-refractivity contribution in [3.05, 3.63) is 40.1 Å². The van der Waals surface area contributed by atoms with Crippen LogP contribution in [-0.2, 0) is 4.74 Å². The van der Waals surface area contributed by atoms with E-state index in [1.165, 1.54) is 0 Å². The van der Waals surface area contributed by atoms with Gasteiger partial charge in [-0.2, -0.15) is 0 Å². The second-order valence-corrected chi connectivity index (χ2v) is 7.13. The average Bonchev–Trinajstić information content (AvgIpc) is 3.22. The number of benzene rings is 1. The Bertz CT molecular complexity index is 706. The maximum absolute atomic E-state index is 12.5. The van der Waals surface area contributed by atoms with Crippen LogP contribution in [-0.4, -0.2) is 40.2 Å². The lowest BCUT2D eigenvalue weighted by atomic mass is 10.1. The van der Waals surface area contributed by atoms with Gasteiger partial charge in [0, 0.05) is 17.6 Å². The quantitative estimate of drug-likeness (QED) is 0.848. The minimum atomic E-state index is -0.197. The fourth-order valence-electron chi connectivity index (χ4n) is 2.84. The van der Waals surface area contributed by atoms with Crippen LogP contribution in [0.5, 0.6) is 0 Å². The van der Waals surface area contributed by atoms with Crippen molar-refractivity contribution in [2.24, 2.45) is 0 Å². The second kappa shape index (κ2) is 7.44. The predicted octanol–water partition coefficient (Wildman–Crippen LogP) is 3.06. The van der Waals surface area contributed by atoms with E-state index >= 15 is 0 Å².